The summed E-state index contributed by atoms with van der Waals surface area (Å²) in [6, 6.07) is 5.43. The molecule has 1 saturated carbocycles. The van der Waals surface area contributed by atoms with Crippen molar-refractivity contribution in [3.8, 4) is 23.3 Å². The molecule has 0 heterocycles. The lowest BCUT2D eigenvalue weighted by molar-refractivity contribution is -0.117. The number of carbonyl (C=O) groups is 1. The van der Waals surface area contributed by atoms with E-state index in [0.717, 1.165) is 12.8 Å². The fourth-order valence-electron chi connectivity index (χ4n) is 1.96. The summed E-state index contributed by atoms with van der Waals surface area (Å²) >= 11 is 0. The van der Waals surface area contributed by atoms with Crippen LogP contribution in [0.2, 0.25) is 0 Å². The van der Waals surface area contributed by atoms with E-state index in [1.165, 1.54) is 27.4 Å². The number of nitrogens with zero attached hydrogens (tertiary/aromatic N) is 1. The first kappa shape index (κ1) is 15.7. The third-order valence-corrected chi connectivity index (χ3v) is 3.31. The number of ether oxygens (including phenoxy) is 3. The van der Waals surface area contributed by atoms with Crippen molar-refractivity contribution in [2.45, 2.75) is 18.9 Å². The average molecular weight is 302 g/mol. The summed E-state index contributed by atoms with van der Waals surface area (Å²) in [7, 11) is 4.55. The standard InChI is InChI=1S/C16H18N2O4/c1-20-13-8-15(22-3)14(21-2)7-10(13)6-11(9-17)16(19)18-12-4-5-12/h6-8,12H,4-5H2,1-3H3,(H,18,19)/b11-6+. The van der Waals surface area contributed by atoms with E-state index < -0.39 is 0 Å². The molecule has 1 aromatic carbocycles. The largest absolute Gasteiger partial charge is 0.496 e. The molecule has 1 aliphatic rings. The van der Waals surface area contributed by atoms with E-state index in [1.807, 2.05) is 6.07 Å². The maximum absolute atomic E-state index is 12.0. The molecule has 6 heteroatoms. The molecule has 1 aliphatic carbocycles. The van der Waals surface area contributed by atoms with Crippen LogP contribution in [0.1, 0.15) is 18.4 Å². The zero-order valence-electron chi connectivity index (χ0n) is 12.8. The highest BCUT2D eigenvalue weighted by Crippen LogP contribution is 2.35. The molecule has 0 unspecified atom stereocenters. The van der Waals surface area contributed by atoms with Crippen LogP contribution in [-0.4, -0.2) is 33.3 Å². The van der Waals surface area contributed by atoms with E-state index in [1.54, 1.807) is 12.1 Å². The van der Waals surface area contributed by atoms with Crippen LogP contribution < -0.4 is 19.5 Å². The summed E-state index contributed by atoms with van der Waals surface area (Å²) in [5.41, 5.74) is 0.597. The molecule has 0 atom stereocenters. The highest BCUT2D eigenvalue weighted by molar-refractivity contribution is 6.02. The molecule has 1 aromatic rings. The third-order valence-electron chi connectivity index (χ3n) is 3.31. The molecule has 0 aromatic heterocycles. The molecule has 1 amide bonds. The number of carbonyl (C=O) groups excluding carboxylic acids is 1. The Morgan fingerprint density at radius 3 is 2.27 bits per heavy atom. The maximum atomic E-state index is 12.0. The van der Waals surface area contributed by atoms with E-state index in [2.05, 4.69) is 5.32 Å². The lowest BCUT2D eigenvalue weighted by Gasteiger charge is -2.12. The zero-order chi connectivity index (χ0) is 16.1. The van der Waals surface area contributed by atoms with Crippen molar-refractivity contribution in [3.05, 3.63) is 23.3 Å². The summed E-state index contributed by atoms with van der Waals surface area (Å²) in [4.78, 5) is 12.0. The minimum absolute atomic E-state index is 0.0254. The monoisotopic (exact) mass is 302 g/mol. The van der Waals surface area contributed by atoms with Gasteiger partial charge >= 0.3 is 0 Å². The molecule has 0 radical (unpaired) electrons. The smallest absolute Gasteiger partial charge is 0.262 e. The number of rotatable bonds is 6. The number of amides is 1. The van der Waals surface area contributed by atoms with Crippen molar-refractivity contribution in [1.82, 2.24) is 5.32 Å². The first-order valence-electron chi connectivity index (χ1n) is 6.85. The van der Waals surface area contributed by atoms with Gasteiger partial charge in [-0.05, 0) is 25.0 Å². The van der Waals surface area contributed by atoms with Crippen LogP contribution in [0.5, 0.6) is 17.2 Å². The molecule has 1 N–H and O–H groups in total. The number of methoxy groups -OCH3 is 3. The summed E-state index contributed by atoms with van der Waals surface area (Å²) in [5.74, 6) is 1.12. The maximum Gasteiger partial charge on any atom is 0.262 e. The minimum atomic E-state index is -0.373. The van der Waals surface area contributed by atoms with Crippen LogP contribution in [0, 0.1) is 11.3 Å². The SMILES string of the molecule is COc1cc(OC)c(OC)cc1/C=C(\C#N)C(=O)NC1CC1. The van der Waals surface area contributed by atoms with Gasteiger partial charge in [0, 0.05) is 17.7 Å². The van der Waals surface area contributed by atoms with Crippen LogP contribution in [0.15, 0.2) is 17.7 Å². The van der Waals surface area contributed by atoms with Crippen LogP contribution in [0.25, 0.3) is 6.08 Å². The predicted molar refractivity (Wildman–Crippen MR) is 80.9 cm³/mol. The lowest BCUT2D eigenvalue weighted by Crippen LogP contribution is -2.26. The molecule has 2 rings (SSSR count). The Labute approximate surface area is 129 Å². The summed E-state index contributed by atoms with van der Waals surface area (Å²) in [5, 5.41) is 12.0. The van der Waals surface area contributed by atoms with E-state index >= 15 is 0 Å². The second kappa shape index (κ2) is 6.85. The molecular formula is C16H18N2O4. The van der Waals surface area contributed by atoms with Gasteiger partial charge in [0.15, 0.2) is 11.5 Å². The van der Waals surface area contributed by atoms with Crippen molar-refractivity contribution >= 4 is 12.0 Å². The van der Waals surface area contributed by atoms with Gasteiger partial charge < -0.3 is 19.5 Å². The van der Waals surface area contributed by atoms with Crippen molar-refractivity contribution in [2.24, 2.45) is 0 Å². The Morgan fingerprint density at radius 1 is 1.18 bits per heavy atom. The predicted octanol–water partition coefficient (Wildman–Crippen LogP) is 1.90. The van der Waals surface area contributed by atoms with E-state index in [0.29, 0.717) is 22.8 Å². The van der Waals surface area contributed by atoms with Gasteiger partial charge in [-0.2, -0.15) is 5.26 Å². The summed E-state index contributed by atoms with van der Waals surface area (Å²) < 4.78 is 15.7. The highest BCUT2D eigenvalue weighted by Gasteiger charge is 2.25. The van der Waals surface area contributed by atoms with E-state index in [4.69, 9.17) is 14.2 Å². The Bertz CT molecular complexity index is 642. The number of hydrogen-bond donors (Lipinski definition) is 1. The average Bonchev–Trinajstić information content (AvgIpc) is 3.35. The van der Waals surface area contributed by atoms with Gasteiger partial charge in [0.1, 0.15) is 17.4 Å². The van der Waals surface area contributed by atoms with Gasteiger partial charge in [-0.3, -0.25) is 4.79 Å². The molecule has 22 heavy (non-hydrogen) atoms. The molecule has 0 spiro atoms. The van der Waals surface area contributed by atoms with E-state index in [9.17, 15) is 10.1 Å². The molecule has 0 bridgehead atoms. The Kier molecular flexibility index (Phi) is 4.89. The third kappa shape index (κ3) is 3.50. The van der Waals surface area contributed by atoms with Gasteiger partial charge in [0.25, 0.3) is 5.91 Å². The highest BCUT2D eigenvalue weighted by atomic mass is 16.5. The van der Waals surface area contributed by atoms with Crippen LogP contribution in [-0.2, 0) is 4.79 Å². The van der Waals surface area contributed by atoms with Gasteiger partial charge in [-0.1, -0.05) is 0 Å². The Balaban J connectivity index is 2.38. The van der Waals surface area contributed by atoms with Gasteiger partial charge in [0.2, 0.25) is 0 Å². The van der Waals surface area contributed by atoms with E-state index in [-0.39, 0.29) is 17.5 Å². The van der Waals surface area contributed by atoms with Gasteiger partial charge in [0.05, 0.1) is 21.3 Å². The zero-order valence-corrected chi connectivity index (χ0v) is 12.8. The summed E-state index contributed by atoms with van der Waals surface area (Å²) in [6.45, 7) is 0. The molecular weight excluding hydrogens is 284 g/mol. The van der Waals surface area contributed by atoms with Crippen molar-refractivity contribution in [1.29, 1.82) is 5.26 Å². The Hall–Kier alpha value is -2.68. The first-order chi connectivity index (χ1) is 10.6. The first-order valence-corrected chi connectivity index (χ1v) is 6.85. The normalized spacial score (nSPS) is 14.0. The molecule has 116 valence electrons. The minimum Gasteiger partial charge on any atom is -0.496 e. The lowest BCUT2D eigenvalue weighted by atomic mass is 10.1. The molecule has 6 nitrogen and oxygen atoms in total. The van der Waals surface area contributed by atoms with Crippen LogP contribution in [0.4, 0.5) is 0 Å². The Morgan fingerprint density at radius 2 is 1.77 bits per heavy atom. The fraction of sp³-hybridized carbons (Fsp3) is 0.375. The number of nitrogens with one attached hydrogen (secondary N) is 1. The van der Waals surface area contributed by atoms with Crippen molar-refractivity contribution in [2.75, 3.05) is 21.3 Å². The fourth-order valence-corrected chi connectivity index (χ4v) is 1.96. The van der Waals surface area contributed by atoms with Gasteiger partial charge in [-0.25, -0.2) is 0 Å². The quantitative estimate of drug-likeness (QED) is 0.641. The molecule has 0 aliphatic heterocycles. The van der Waals surface area contributed by atoms with Crippen LogP contribution >= 0.6 is 0 Å². The van der Waals surface area contributed by atoms with Crippen LogP contribution in [0.3, 0.4) is 0 Å². The molecule has 0 saturated heterocycles. The van der Waals surface area contributed by atoms with Crippen molar-refractivity contribution < 1.29 is 19.0 Å². The van der Waals surface area contributed by atoms with Crippen molar-refractivity contribution in [3.63, 3.8) is 0 Å². The molecule has 1 fully saturated rings. The number of hydrogen-bond acceptors (Lipinski definition) is 5. The number of benzene rings is 1. The van der Waals surface area contributed by atoms with Gasteiger partial charge in [-0.15, -0.1) is 0 Å². The summed E-state index contributed by atoms with van der Waals surface area (Å²) in [6.07, 6.45) is 3.41. The number of nitriles is 1. The second-order valence-corrected chi connectivity index (χ2v) is 4.87. The topological polar surface area (TPSA) is 80.6 Å². The second-order valence-electron chi connectivity index (χ2n) is 4.87.